The summed E-state index contributed by atoms with van der Waals surface area (Å²) in [5, 5.41) is 13.5. The van der Waals surface area contributed by atoms with Crippen LogP contribution in [0, 0.1) is 0 Å². The highest BCUT2D eigenvalue weighted by atomic mass is 16.4. The Bertz CT molecular complexity index is 930. The van der Waals surface area contributed by atoms with Gasteiger partial charge in [0.05, 0.1) is 0 Å². The van der Waals surface area contributed by atoms with E-state index in [0.717, 1.165) is 24.0 Å². The summed E-state index contributed by atoms with van der Waals surface area (Å²) in [4.78, 5) is 15.5. The number of rotatable bonds is 2. The van der Waals surface area contributed by atoms with Gasteiger partial charge in [-0.25, -0.2) is 9.31 Å². The van der Waals surface area contributed by atoms with Crippen molar-refractivity contribution in [1.29, 1.82) is 0 Å². The Morgan fingerprint density at radius 2 is 1.91 bits per heavy atom. The first kappa shape index (κ1) is 13.8. The lowest BCUT2D eigenvalue weighted by Crippen LogP contribution is -2.04. The van der Waals surface area contributed by atoms with Crippen LogP contribution >= 0.6 is 0 Å². The fraction of sp³-hybridized carbons (Fsp3) is 0.235. The monoisotopic (exact) mass is 308 g/mol. The van der Waals surface area contributed by atoms with E-state index in [1.165, 1.54) is 28.5 Å². The molecule has 3 N–H and O–H groups in total. The number of aromatic carboxylic acids is 1. The van der Waals surface area contributed by atoms with Crippen LogP contribution in [-0.2, 0) is 12.8 Å². The number of carbonyl (C=O) groups is 1. The van der Waals surface area contributed by atoms with Gasteiger partial charge in [0.1, 0.15) is 5.56 Å². The Hall–Kier alpha value is -2.89. The predicted molar refractivity (Wildman–Crippen MR) is 86.4 cm³/mol. The molecule has 1 aliphatic carbocycles. The molecule has 2 heterocycles. The first-order valence-electron chi connectivity index (χ1n) is 7.63. The molecule has 0 amide bonds. The summed E-state index contributed by atoms with van der Waals surface area (Å²) in [5.74, 6) is -0.975. The number of nitrogens with zero attached hydrogens (tertiary/aromatic N) is 3. The number of aryl methyl sites for hydroxylation is 2. The smallest absolute Gasteiger partial charge is 0.339 e. The van der Waals surface area contributed by atoms with Crippen LogP contribution in [0.4, 0.5) is 5.95 Å². The number of hydrogen-bond donors (Lipinski definition) is 2. The topological polar surface area (TPSA) is 93.5 Å². The molecular formula is C17H16N4O2. The molecule has 6 heteroatoms. The minimum atomic E-state index is -1.04. The number of fused-ring (bicyclic) bond motifs is 2. The minimum Gasteiger partial charge on any atom is -0.478 e. The van der Waals surface area contributed by atoms with Gasteiger partial charge in [0.25, 0.3) is 0 Å². The number of nitrogen functional groups attached to an aromatic ring is 1. The number of carboxylic acid groups (broad SMARTS) is 1. The van der Waals surface area contributed by atoms with E-state index in [1.54, 1.807) is 12.3 Å². The van der Waals surface area contributed by atoms with Crippen LogP contribution in [0.25, 0.3) is 16.8 Å². The van der Waals surface area contributed by atoms with Gasteiger partial charge < -0.3 is 10.8 Å². The predicted octanol–water partition coefficient (Wildman–Crippen LogP) is 2.56. The lowest BCUT2D eigenvalue weighted by atomic mass is 9.89. The maximum absolute atomic E-state index is 11.5. The number of aromatic nitrogens is 3. The first-order valence-corrected chi connectivity index (χ1v) is 7.63. The van der Waals surface area contributed by atoms with Crippen molar-refractivity contribution < 1.29 is 9.90 Å². The van der Waals surface area contributed by atoms with E-state index >= 15 is 0 Å². The van der Waals surface area contributed by atoms with Crippen LogP contribution in [0.2, 0.25) is 0 Å². The van der Waals surface area contributed by atoms with Crippen LogP contribution in [0.15, 0.2) is 30.5 Å². The van der Waals surface area contributed by atoms with Crippen molar-refractivity contribution in [3.05, 3.63) is 47.2 Å². The average molecular weight is 308 g/mol. The largest absolute Gasteiger partial charge is 0.478 e. The summed E-state index contributed by atoms with van der Waals surface area (Å²) in [6, 6.07) is 7.97. The third kappa shape index (κ3) is 2.32. The Morgan fingerprint density at radius 3 is 2.70 bits per heavy atom. The number of pyridine rings is 1. The maximum Gasteiger partial charge on any atom is 0.339 e. The molecule has 0 unspecified atom stereocenters. The van der Waals surface area contributed by atoms with E-state index in [1.807, 2.05) is 6.07 Å². The highest BCUT2D eigenvalue weighted by Crippen LogP contribution is 2.28. The molecule has 0 aliphatic heterocycles. The lowest BCUT2D eigenvalue weighted by molar-refractivity contribution is 0.0698. The van der Waals surface area contributed by atoms with Gasteiger partial charge in [0.15, 0.2) is 5.65 Å². The SMILES string of the molecule is Nc1nc2c(C(=O)O)cc(-c3ccc4c(c3)CCCC4)cn2n1. The van der Waals surface area contributed by atoms with E-state index in [2.05, 4.69) is 22.2 Å². The number of benzene rings is 1. The molecule has 0 saturated carbocycles. The molecule has 6 nitrogen and oxygen atoms in total. The molecule has 0 spiro atoms. The zero-order valence-corrected chi connectivity index (χ0v) is 12.5. The van der Waals surface area contributed by atoms with E-state index in [4.69, 9.17) is 5.73 Å². The molecule has 0 radical (unpaired) electrons. The van der Waals surface area contributed by atoms with E-state index in [9.17, 15) is 9.90 Å². The Kier molecular flexibility index (Phi) is 3.04. The fourth-order valence-corrected chi connectivity index (χ4v) is 3.23. The Morgan fingerprint density at radius 1 is 1.13 bits per heavy atom. The van der Waals surface area contributed by atoms with Crippen molar-refractivity contribution >= 4 is 17.6 Å². The van der Waals surface area contributed by atoms with Crippen molar-refractivity contribution in [3.8, 4) is 11.1 Å². The van der Waals surface area contributed by atoms with Crippen molar-refractivity contribution in [2.75, 3.05) is 5.73 Å². The van der Waals surface area contributed by atoms with Gasteiger partial charge in [0, 0.05) is 11.8 Å². The molecule has 23 heavy (non-hydrogen) atoms. The highest BCUT2D eigenvalue weighted by molar-refractivity contribution is 5.96. The van der Waals surface area contributed by atoms with Crippen molar-refractivity contribution in [1.82, 2.24) is 14.6 Å². The molecule has 116 valence electrons. The van der Waals surface area contributed by atoms with Crippen molar-refractivity contribution in [3.63, 3.8) is 0 Å². The Labute approximate surface area is 132 Å². The summed E-state index contributed by atoms with van der Waals surface area (Å²) in [7, 11) is 0. The number of nitrogens with two attached hydrogens (primary N) is 1. The standard InChI is InChI=1S/C17H16N4O2/c18-17-19-15-14(16(22)23)8-13(9-21(15)20-17)12-6-5-10-3-1-2-4-11(10)7-12/h5-9H,1-4H2,(H2,18,20)(H,22,23). The van der Waals surface area contributed by atoms with Crippen LogP contribution < -0.4 is 5.73 Å². The molecule has 4 rings (SSSR count). The second-order valence-corrected chi connectivity index (χ2v) is 5.88. The molecule has 0 bridgehead atoms. The van der Waals surface area contributed by atoms with Crippen LogP contribution in [0.5, 0.6) is 0 Å². The van der Waals surface area contributed by atoms with Gasteiger partial charge in [-0.3, -0.25) is 0 Å². The summed E-state index contributed by atoms with van der Waals surface area (Å²) >= 11 is 0. The second kappa shape index (κ2) is 5.08. The van der Waals surface area contributed by atoms with Crippen molar-refractivity contribution in [2.24, 2.45) is 0 Å². The molecule has 1 aromatic carbocycles. The first-order chi connectivity index (χ1) is 11.1. The second-order valence-electron chi connectivity index (χ2n) is 5.88. The number of carboxylic acids is 1. The number of hydrogen-bond acceptors (Lipinski definition) is 4. The van der Waals surface area contributed by atoms with E-state index in [-0.39, 0.29) is 17.2 Å². The van der Waals surface area contributed by atoms with E-state index < -0.39 is 5.97 Å². The maximum atomic E-state index is 11.5. The normalized spacial score (nSPS) is 13.9. The third-order valence-corrected chi connectivity index (χ3v) is 4.36. The summed E-state index contributed by atoms with van der Waals surface area (Å²) in [5.41, 5.74) is 10.5. The van der Waals surface area contributed by atoms with Crippen LogP contribution in [0.1, 0.15) is 34.3 Å². The number of anilines is 1. The highest BCUT2D eigenvalue weighted by Gasteiger charge is 2.16. The summed E-state index contributed by atoms with van der Waals surface area (Å²) in [6.07, 6.45) is 6.41. The van der Waals surface area contributed by atoms with Crippen LogP contribution in [0.3, 0.4) is 0 Å². The summed E-state index contributed by atoms with van der Waals surface area (Å²) < 4.78 is 1.44. The Balaban J connectivity index is 1.90. The molecule has 2 aromatic heterocycles. The molecule has 0 atom stereocenters. The van der Waals surface area contributed by atoms with Gasteiger partial charge in [-0.2, -0.15) is 4.98 Å². The molecule has 3 aromatic rings. The third-order valence-electron chi connectivity index (χ3n) is 4.36. The van der Waals surface area contributed by atoms with Gasteiger partial charge >= 0.3 is 5.97 Å². The van der Waals surface area contributed by atoms with Crippen molar-refractivity contribution in [2.45, 2.75) is 25.7 Å². The van der Waals surface area contributed by atoms with Gasteiger partial charge in [-0.15, -0.1) is 5.10 Å². The van der Waals surface area contributed by atoms with Gasteiger partial charge in [-0.1, -0.05) is 18.2 Å². The fourth-order valence-electron chi connectivity index (χ4n) is 3.23. The van der Waals surface area contributed by atoms with E-state index in [0.29, 0.717) is 0 Å². The molecule has 1 aliphatic rings. The lowest BCUT2D eigenvalue weighted by Gasteiger charge is -2.16. The molecule has 0 saturated heterocycles. The molecule has 0 fully saturated rings. The van der Waals surface area contributed by atoms with Gasteiger partial charge in [-0.05, 0) is 48.4 Å². The zero-order chi connectivity index (χ0) is 16.0. The minimum absolute atomic E-state index is 0.0649. The summed E-state index contributed by atoms with van der Waals surface area (Å²) in [6.45, 7) is 0. The molecular weight excluding hydrogens is 292 g/mol. The van der Waals surface area contributed by atoms with Crippen LogP contribution in [-0.4, -0.2) is 25.7 Å². The quantitative estimate of drug-likeness (QED) is 0.759. The zero-order valence-electron chi connectivity index (χ0n) is 12.5. The average Bonchev–Trinajstić information content (AvgIpc) is 2.93. The van der Waals surface area contributed by atoms with Gasteiger partial charge in [0.2, 0.25) is 5.95 Å².